The number of hydrogen-bond donors (Lipinski definition) is 1. The van der Waals surface area contributed by atoms with Gasteiger partial charge in [-0.05, 0) is 39.0 Å². The number of rotatable bonds is 3. The Morgan fingerprint density at radius 2 is 1.93 bits per heavy atom. The van der Waals surface area contributed by atoms with Crippen LogP contribution in [0.15, 0.2) is 28.7 Å². The van der Waals surface area contributed by atoms with Gasteiger partial charge in [0, 0.05) is 41.4 Å². The lowest BCUT2D eigenvalue weighted by atomic mass is 10.1. The number of fused-ring (bicyclic) bond motifs is 1. The quantitative estimate of drug-likeness (QED) is 0.682. The lowest BCUT2D eigenvalue weighted by Gasteiger charge is -2.27. The van der Waals surface area contributed by atoms with Gasteiger partial charge in [0.2, 0.25) is 0 Å². The predicted molar refractivity (Wildman–Crippen MR) is 115 cm³/mol. The third-order valence-electron chi connectivity index (χ3n) is 5.00. The maximum absolute atomic E-state index is 13.0. The summed E-state index contributed by atoms with van der Waals surface area (Å²) in [7, 11) is 3.09. The molecule has 0 saturated carbocycles. The molecule has 1 saturated heterocycles. The van der Waals surface area contributed by atoms with Crippen molar-refractivity contribution in [2.75, 3.05) is 13.7 Å². The summed E-state index contributed by atoms with van der Waals surface area (Å²) < 4.78 is 13.0. The summed E-state index contributed by atoms with van der Waals surface area (Å²) in [6.45, 7) is 5.43. The van der Waals surface area contributed by atoms with Crippen LogP contribution < -0.4 is 5.32 Å². The lowest BCUT2D eigenvalue weighted by Crippen LogP contribution is -2.44. The number of amides is 2. The van der Waals surface area contributed by atoms with E-state index in [9.17, 15) is 14.4 Å². The molecule has 2 atom stereocenters. The standard InChI is InChI=1S/C21H26BrN3O5/c1-21(2,3)30-20(28)25-11-12(9-17(25)19(27)29-5)23-18(26)16-10-13-14(22)7-6-8-15(13)24(16)4/h6-8,10,12,17H,9,11H2,1-5H3,(H,23,26)/t12-,17+/m1/s1. The molecule has 0 spiro atoms. The van der Waals surface area contributed by atoms with Crippen LogP contribution in [-0.4, -0.2) is 58.8 Å². The monoisotopic (exact) mass is 479 g/mol. The zero-order valence-corrected chi connectivity index (χ0v) is 19.3. The molecule has 2 amide bonds. The van der Waals surface area contributed by atoms with Crippen LogP contribution in [0.4, 0.5) is 4.79 Å². The summed E-state index contributed by atoms with van der Waals surface area (Å²) in [6.07, 6.45) is -0.353. The van der Waals surface area contributed by atoms with Crippen LogP contribution in [-0.2, 0) is 21.3 Å². The van der Waals surface area contributed by atoms with Crippen LogP contribution in [0.5, 0.6) is 0 Å². The fourth-order valence-corrected chi connectivity index (χ4v) is 4.09. The Bertz CT molecular complexity index is 994. The molecule has 2 heterocycles. The fourth-order valence-electron chi connectivity index (χ4n) is 3.62. The minimum Gasteiger partial charge on any atom is -0.467 e. The van der Waals surface area contributed by atoms with Gasteiger partial charge >= 0.3 is 12.1 Å². The highest BCUT2D eigenvalue weighted by Crippen LogP contribution is 2.27. The van der Waals surface area contributed by atoms with Gasteiger partial charge in [-0.3, -0.25) is 9.69 Å². The van der Waals surface area contributed by atoms with Crippen LogP contribution in [0.2, 0.25) is 0 Å². The molecule has 9 heteroatoms. The molecule has 3 rings (SSSR count). The summed E-state index contributed by atoms with van der Waals surface area (Å²) in [5, 5.41) is 3.87. The van der Waals surface area contributed by atoms with Crippen molar-refractivity contribution < 1.29 is 23.9 Å². The van der Waals surface area contributed by atoms with E-state index in [2.05, 4.69) is 21.2 Å². The fraction of sp³-hybridized carbons (Fsp3) is 0.476. The summed E-state index contributed by atoms with van der Waals surface area (Å²) in [6, 6.07) is 6.36. The van der Waals surface area contributed by atoms with Crippen molar-refractivity contribution in [1.29, 1.82) is 0 Å². The molecular weight excluding hydrogens is 454 g/mol. The van der Waals surface area contributed by atoms with Crippen LogP contribution in [0, 0.1) is 0 Å². The molecule has 1 N–H and O–H groups in total. The molecule has 0 unspecified atom stereocenters. The molecule has 0 aliphatic carbocycles. The SMILES string of the molecule is COC(=O)[C@@H]1C[C@@H](NC(=O)c2cc3c(Br)cccc3n2C)CN1C(=O)OC(C)(C)C. The number of carbonyl (C=O) groups excluding carboxylic acids is 3. The van der Waals surface area contributed by atoms with E-state index in [-0.39, 0.29) is 18.9 Å². The van der Waals surface area contributed by atoms with E-state index < -0.39 is 29.7 Å². The zero-order chi connectivity index (χ0) is 22.2. The largest absolute Gasteiger partial charge is 0.467 e. The average molecular weight is 480 g/mol. The summed E-state index contributed by atoms with van der Waals surface area (Å²) in [5.41, 5.74) is 0.710. The number of nitrogens with one attached hydrogen (secondary N) is 1. The molecule has 1 aliphatic heterocycles. The highest BCUT2D eigenvalue weighted by Gasteiger charge is 2.42. The molecule has 0 radical (unpaired) electrons. The highest BCUT2D eigenvalue weighted by atomic mass is 79.9. The summed E-state index contributed by atoms with van der Waals surface area (Å²) in [5.74, 6) is -0.814. The number of aryl methyl sites for hydroxylation is 1. The van der Waals surface area contributed by atoms with E-state index >= 15 is 0 Å². The van der Waals surface area contributed by atoms with Crippen LogP contribution in [0.1, 0.15) is 37.7 Å². The van der Waals surface area contributed by atoms with E-state index in [1.165, 1.54) is 12.0 Å². The molecule has 30 heavy (non-hydrogen) atoms. The van der Waals surface area contributed by atoms with Crippen molar-refractivity contribution in [2.45, 2.75) is 44.9 Å². The Hall–Kier alpha value is -2.55. The van der Waals surface area contributed by atoms with Crippen LogP contribution >= 0.6 is 15.9 Å². The number of likely N-dealkylation sites (tertiary alicyclic amines) is 1. The first-order valence-corrected chi connectivity index (χ1v) is 10.4. The molecule has 2 aromatic rings. The molecule has 1 aromatic carbocycles. The highest BCUT2D eigenvalue weighted by molar-refractivity contribution is 9.10. The minimum atomic E-state index is -0.809. The van der Waals surface area contributed by atoms with Crippen molar-refractivity contribution in [2.24, 2.45) is 7.05 Å². The number of benzene rings is 1. The van der Waals surface area contributed by atoms with E-state index in [4.69, 9.17) is 9.47 Å². The smallest absolute Gasteiger partial charge is 0.411 e. The number of halogens is 1. The molecule has 162 valence electrons. The number of ether oxygens (including phenoxy) is 2. The van der Waals surface area contributed by atoms with E-state index in [0.29, 0.717) is 5.69 Å². The Balaban J connectivity index is 1.79. The van der Waals surface area contributed by atoms with E-state index in [1.54, 1.807) is 20.8 Å². The van der Waals surface area contributed by atoms with Crippen LogP contribution in [0.3, 0.4) is 0 Å². The first-order chi connectivity index (χ1) is 14.0. The van der Waals surface area contributed by atoms with Gasteiger partial charge in [-0.1, -0.05) is 22.0 Å². The summed E-state index contributed by atoms with van der Waals surface area (Å²) in [4.78, 5) is 39.1. The third kappa shape index (κ3) is 4.45. The van der Waals surface area contributed by atoms with Crippen molar-refractivity contribution in [1.82, 2.24) is 14.8 Å². The second-order valence-corrected chi connectivity index (χ2v) is 9.19. The Morgan fingerprint density at radius 1 is 1.23 bits per heavy atom. The topological polar surface area (TPSA) is 89.9 Å². The molecule has 1 aromatic heterocycles. The lowest BCUT2D eigenvalue weighted by molar-refractivity contribution is -0.145. The molecule has 1 aliphatic rings. The number of carbonyl (C=O) groups is 3. The number of nitrogens with zero attached hydrogens (tertiary/aromatic N) is 2. The van der Waals surface area contributed by atoms with Gasteiger partial charge < -0.3 is 19.4 Å². The second-order valence-electron chi connectivity index (χ2n) is 8.34. The van der Waals surface area contributed by atoms with Gasteiger partial charge in [0.1, 0.15) is 17.3 Å². The van der Waals surface area contributed by atoms with Gasteiger partial charge in [0.25, 0.3) is 5.91 Å². The van der Waals surface area contributed by atoms with Crippen LogP contribution in [0.25, 0.3) is 10.9 Å². The molecule has 1 fully saturated rings. The maximum Gasteiger partial charge on any atom is 0.411 e. The van der Waals surface area contributed by atoms with Gasteiger partial charge in [0.15, 0.2) is 0 Å². The second kappa shape index (κ2) is 8.29. The first-order valence-electron chi connectivity index (χ1n) is 9.64. The van der Waals surface area contributed by atoms with E-state index in [1.807, 2.05) is 35.9 Å². The predicted octanol–water partition coefficient (Wildman–Crippen LogP) is 3.22. The Labute approximate surface area is 183 Å². The third-order valence-corrected chi connectivity index (χ3v) is 5.70. The number of esters is 1. The maximum atomic E-state index is 13.0. The van der Waals surface area contributed by atoms with Crippen molar-refractivity contribution >= 4 is 44.8 Å². The number of methoxy groups -OCH3 is 1. The van der Waals surface area contributed by atoms with Gasteiger partial charge in [-0.25, -0.2) is 9.59 Å². The molecule has 8 nitrogen and oxygen atoms in total. The van der Waals surface area contributed by atoms with Crippen molar-refractivity contribution in [3.8, 4) is 0 Å². The average Bonchev–Trinajstić information content (AvgIpc) is 3.22. The zero-order valence-electron chi connectivity index (χ0n) is 17.7. The minimum absolute atomic E-state index is 0.161. The van der Waals surface area contributed by atoms with Gasteiger partial charge in [-0.15, -0.1) is 0 Å². The molecular formula is C21H26BrN3O5. The summed E-state index contributed by atoms with van der Waals surface area (Å²) >= 11 is 3.51. The normalized spacial score (nSPS) is 19.1. The molecule has 0 bridgehead atoms. The van der Waals surface area contributed by atoms with E-state index in [0.717, 1.165) is 15.4 Å². The van der Waals surface area contributed by atoms with Crippen molar-refractivity contribution in [3.63, 3.8) is 0 Å². The van der Waals surface area contributed by atoms with Gasteiger partial charge in [0.05, 0.1) is 7.11 Å². The number of hydrogen-bond acceptors (Lipinski definition) is 5. The number of aromatic nitrogens is 1. The Kier molecular flexibility index (Phi) is 6.12. The van der Waals surface area contributed by atoms with Gasteiger partial charge in [-0.2, -0.15) is 0 Å². The van der Waals surface area contributed by atoms with Crippen molar-refractivity contribution in [3.05, 3.63) is 34.4 Å². The first kappa shape index (κ1) is 22.1. The Morgan fingerprint density at radius 3 is 2.53 bits per heavy atom.